The Morgan fingerprint density at radius 3 is 2.64 bits per heavy atom. The molecular weight excluding hydrogens is 376 g/mol. The number of benzene rings is 1. The van der Waals surface area contributed by atoms with Crippen LogP contribution in [0.5, 0.6) is 0 Å². The van der Waals surface area contributed by atoms with Crippen molar-refractivity contribution >= 4 is 39.8 Å². The molecule has 1 heterocycles. The standard InChI is InChI=1S/C21H24N2O4S/c1-3-17(24)22-14-9-7-8-13(12-14)19(25)23-20-18(21(26)27-4-2)15-10-5-6-11-16(15)28-20/h7-9,12H,3-6,10-11H2,1-2H3,(H,22,24)(H,23,25). The first-order valence-corrected chi connectivity index (χ1v) is 10.4. The van der Waals surface area contributed by atoms with Gasteiger partial charge in [-0.25, -0.2) is 4.79 Å². The number of anilines is 2. The van der Waals surface area contributed by atoms with E-state index in [0.717, 1.165) is 36.1 Å². The molecule has 1 aliphatic rings. The zero-order valence-corrected chi connectivity index (χ0v) is 16.9. The fraction of sp³-hybridized carbons (Fsp3) is 0.381. The summed E-state index contributed by atoms with van der Waals surface area (Å²) in [6.45, 7) is 3.82. The summed E-state index contributed by atoms with van der Waals surface area (Å²) in [7, 11) is 0. The average molecular weight is 401 g/mol. The molecule has 2 aromatic rings. The normalized spacial score (nSPS) is 12.8. The van der Waals surface area contributed by atoms with E-state index in [9.17, 15) is 14.4 Å². The van der Waals surface area contributed by atoms with Gasteiger partial charge in [0.1, 0.15) is 5.00 Å². The number of aryl methyl sites for hydroxylation is 1. The van der Waals surface area contributed by atoms with Crippen molar-refractivity contribution in [3.63, 3.8) is 0 Å². The molecule has 2 N–H and O–H groups in total. The number of nitrogens with one attached hydrogen (secondary N) is 2. The highest BCUT2D eigenvalue weighted by Gasteiger charge is 2.27. The molecule has 3 rings (SSSR count). The van der Waals surface area contributed by atoms with Gasteiger partial charge in [-0.05, 0) is 56.4 Å². The Bertz CT molecular complexity index is 904. The fourth-order valence-corrected chi connectivity index (χ4v) is 4.51. The highest BCUT2D eigenvalue weighted by atomic mass is 32.1. The van der Waals surface area contributed by atoms with Crippen molar-refractivity contribution in [1.29, 1.82) is 0 Å². The van der Waals surface area contributed by atoms with Gasteiger partial charge < -0.3 is 15.4 Å². The topological polar surface area (TPSA) is 84.5 Å². The second-order valence-electron chi connectivity index (χ2n) is 6.57. The second kappa shape index (κ2) is 9.01. The predicted octanol–water partition coefficient (Wildman–Crippen LogP) is 4.40. The minimum absolute atomic E-state index is 0.118. The zero-order valence-electron chi connectivity index (χ0n) is 16.1. The van der Waals surface area contributed by atoms with Crippen LogP contribution in [0.25, 0.3) is 0 Å². The summed E-state index contributed by atoms with van der Waals surface area (Å²) >= 11 is 1.46. The molecule has 1 aromatic carbocycles. The molecule has 1 aromatic heterocycles. The summed E-state index contributed by atoms with van der Waals surface area (Å²) in [6.07, 6.45) is 4.22. The molecule has 1 aliphatic carbocycles. The van der Waals surface area contributed by atoms with Crippen LogP contribution in [0.1, 0.15) is 64.3 Å². The Morgan fingerprint density at radius 1 is 1.11 bits per heavy atom. The summed E-state index contributed by atoms with van der Waals surface area (Å²) in [6, 6.07) is 6.75. The summed E-state index contributed by atoms with van der Waals surface area (Å²) in [4.78, 5) is 38.0. The Hall–Kier alpha value is -2.67. The van der Waals surface area contributed by atoms with Gasteiger partial charge in [0.25, 0.3) is 5.91 Å². The van der Waals surface area contributed by atoms with Gasteiger partial charge in [0.05, 0.1) is 12.2 Å². The lowest BCUT2D eigenvalue weighted by Crippen LogP contribution is -2.16. The summed E-state index contributed by atoms with van der Waals surface area (Å²) in [5.74, 6) is -0.828. The zero-order chi connectivity index (χ0) is 20.1. The van der Waals surface area contributed by atoms with Gasteiger partial charge in [0.2, 0.25) is 5.91 Å². The van der Waals surface area contributed by atoms with Gasteiger partial charge in [0.15, 0.2) is 0 Å². The maximum Gasteiger partial charge on any atom is 0.341 e. The largest absolute Gasteiger partial charge is 0.462 e. The minimum Gasteiger partial charge on any atom is -0.462 e. The van der Waals surface area contributed by atoms with E-state index in [0.29, 0.717) is 28.2 Å². The number of ether oxygens (including phenoxy) is 1. The number of thiophene rings is 1. The molecule has 0 radical (unpaired) electrons. The minimum atomic E-state index is -0.388. The maximum absolute atomic E-state index is 12.8. The molecule has 0 fully saturated rings. The number of carbonyl (C=O) groups excluding carboxylic acids is 3. The first kappa shape index (κ1) is 20.1. The lowest BCUT2D eigenvalue weighted by atomic mass is 9.95. The van der Waals surface area contributed by atoms with Gasteiger partial charge in [-0.15, -0.1) is 11.3 Å². The molecule has 7 heteroatoms. The smallest absolute Gasteiger partial charge is 0.341 e. The second-order valence-corrected chi connectivity index (χ2v) is 7.68. The first-order valence-electron chi connectivity index (χ1n) is 9.56. The van der Waals surface area contributed by atoms with Gasteiger partial charge in [-0.1, -0.05) is 13.0 Å². The van der Waals surface area contributed by atoms with Crippen LogP contribution in [0.15, 0.2) is 24.3 Å². The summed E-state index contributed by atoms with van der Waals surface area (Å²) in [5, 5.41) is 6.17. The number of amides is 2. The van der Waals surface area contributed by atoms with Crippen molar-refractivity contribution < 1.29 is 19.1 Å². The van der Waals surface area contributed by atoms with Crippen LogP contribution >= 0.6 is 11.3 Å². The first-order chi connectivity index (χ1) is 13.5. The Balaban J connectivity index is 1.86. The van der Waals surface area contributed by atoms with Crippen molar-refractivity contribution in [3.8, 4) is 0 Å². The van der Waals surface area contributed by atoms with E-state index in [-0.39, 0.29) is 24.4 Å². The van der Waals surface area contributed by atoms with E-state index in [1.807, 2.05) is 0 Å². The van der Waals surface area contributed by atoms with Gasteiger partial charge in [0, 0.05) is 22.5 Å². The van der Waals surface area contributed by atoms with Crippen molar-refractivity contribution in [2.24, 2.45) is 0 Å². The van der Waals surface area contributed by atoms with E-state index in [4.69, 9.17) is 4.74 Å². The van der Waals surface area contributed by atoms with Crippen molar-refractivity contribution in [2.45, 2.75) is 46.0 Å². The molecule has 2 amide bonds. The van der Waals surface area contributed by atoms with E-state index in [1.165, 1.54) is 11.3 Å². The molecule has 0 saturated carbocycles. The van der Waals surface area contributed by atoms with E-state index >= 15 is 0 Å². The lowest BCUT2D eigenvalue weighted by Gasteiger charge is -2.12. The third kappa shape index (κ3) is 4.42. The number of carbonyl (C=O) groups is 3. The highest BCUT2D eigenvalue weighted by Crippen LogP contribution is 2.38. The number of esters is 1. The SMILES string of the molecule is CCOC(=O)c1c(NC(=O)c2cccc(NC(=O)CC)c2)sc2c1CCCC2. The quantitative estimate of drug-likeness (QED) is 0.704. The third-order valence-corrected chi connectivity index (χ3v) is 5.81. The molecule has 0 aliphatic heterocycles. The maximum atomic E-state index is 12.8. The van der Waals surface area contributed by atoms with E-state index < -0.39 is 0 Å². The van der Waals surface area contributed by atoms with Crippen molar-refractivity contribution in [1.82, 2.24) is 0 Å². The number of hydrogen-bond acceptors (Lipinski definition) is 5. The number of fused-ring (bicyclic) bond motifs is 1. The van der Waals surface area contributed by atoms with Crippen LogP contribution in [-0.4, -0.2) is 24.4 Å². The molecule has 0 atom stereocenters. The third-order valence-electron chi connectivity index (χ3n) is 4.61. The van der Waals surface area contributed by atoms with Gasteiger partial charge in [-0.3, -0.25) is 9.59 Å². The van der Waals surface area contributed by atoms with E-state index in [2.05, 4.69) is 10.6 Å². The molecule has 0 bridgehead atoms. The van der Waals surface area contributed by atoms with Crippen LogP contribution in [0, 0.1) is 0 Å². The monoisotopic (exact) mass is 400 g/mol. The molecular formula is C21H24N2O4S. The molecule has 6 nitrogen and oxygen atoms in total. The Labute approximate surface area is 168 Å². The van der Waals surface area contributed by atoms with Gasteiger partial charge >= 0.3 is 5.97 Å². The van der Waals surface area contributed by atoms with Crippen LogP contribution < -0.4 is 10.6 Å². The lowest BCUT2D eigenvalue weighted by molar-refractivity contribution is -0.115. The molecule has 148 valence electrons. The van der Waals surface area contributed by atoms with Crippen LogP contribution in [0.3, 0.4) is 0 Å². The number of rotatable bonds is 6. The van der Waals surface area contributed by atoms with Gasteiger partial charge in [-0.2, -0.15) is 0 Å². The molecule has 0 spiro atoms. The summed E-state index contributed by atoms with van der Waals surface area (Å²) in [5.41, 5.74) is 2.48. The predicted molar refractivity (Wildman–Crippen MR) is 110 cm³/mol. The summed E-state index contributed by atoms with van der Waals surface area (Å²) < 4.78 is 5.22. The van der Waals surface area contributed by atoms with Crippen LogP contribution in [0.2, 0.25) is 0 Å². The number of hydrogen-bond donors (Lipinski definition) is 2. The molecule has 28 heavy (non-hydrogen) atoms. The molecule has 0 saturated heterocycles. The highest BCUT2D eigenvalue weighted by molar-refractivity contribution is 7.17. The van der Waals surface area contributed by atoms with E-state index in [1.54, 1.807) is 38.1 Å². The fourth-order valence-electron chi connectivity index (χ4n) is 3.24. The van der Waals surface area contributed by atoms with Crippen molar-refractivity contribution in [3.05, 3.63) is 45.8 Å². The van der Waals surface area contributed by atoms with Crippen LogP contribution in [0.4, 0.5) is 10.7 Å². The molecule has 0 unspecified atom stereocenters. The van der Waals surface area contributed by atoms with Crippen molar-refractivity contribution in [2.75, 3.05) is 17.2 Å². The average Bonchev–Trinajstić information content (AvgIpc) is 3.06. The van der Waals surface area contributed by atoms with Crippen LogP contribution in [-0.2, 0) is 22.4 Å². The Kier molecular flexibility index (Phi) is 6.46. The Morgan fingerprint density at radius 2 is 1.89 bits per heavy atom.